The van der Waals surface area contributed by atoms with E-state index in [1.54, 1.807) is 48.5 Å². The van der Waals surface area contributed by atoms with Gasteiger partial charge in [-0.3, -0.25) is 0 Å². The first-order valence-electron chi connectivity index (χ1n) is 9.27. The van der Waals surface area contributed by atoms with E-state index < -0.39 is 30.0 Å². The van der Waals surface area contributed by atoms with Crippen LogP contribution in [0.25, 0.3) is 0 Å². The molecule has 1 heterocycles. The first kappa shape index (κ1) is 18.7. The molecule has 4 nitrogen and oxygen atoms in total. The molecular formula is C21H21F3N2O2. The topological polar surface area (TPSA) is 41.6 Å². The van der Waals surface area contributed by atoms with E-state index in [2.05, 4.69) is 5.32 Å². The highest BCUT2D eigenvalue weighted by Crippen LogP contribution is 2.70. The summed E-state index contributed by atoms with van der Waals surface area (Å²) in [5.74, 6) is -3.25. The molecule has 1 aliphatic carbocycles. The summed E-state index contributed by atoms with van der Waals surface area (Å²) in [6.45, 7) is -0.415. The van der Waals surface area contributed by atoms with Crippen LogP contribution in [-0.4, -0.2) is 43.2 Å². The van der Waals surface area contributed by atoms with E-state index >= 15 is 0 Å². The lowest BCUT2D eigenvalue weighted by Crippen LogP contribution is -2.42. The predicted octanol–water partition coefficient (Wildman–Crippen LogP) is 4.48. The van der Waals surface area contributed by atoms with Crippen molar-refractivity contribution in [3.63, 3.8) is 0 Å². The van der Waals surface area contributed by atoms with Gasteiger partial charge in [-0.25, -0.2) is 18.0 Å². The molecule has 1 N–H and O–H groups in total. The Bertz CT molecular complexity index is 862. The molecule has 2 fully saturated rings. The lowest BCUT2D eigenvalue weighted by atomic mass is 9.87. The fraction of sp³-hybridized carbons (Fsp3) is 0.381. The van der Waals surface area contributed by atoms with E-state index in [9.17, 15) is 18.0 Å². The molecule has 2 unspecified atom stereocenters. The number of alkyl halides is 3. The van der Waals surface area contributed by atoms with Crippen molar-refractivity contribution in [3.05, 3.63) is 60.2 Å². The third-order valence-corrected chi connectivity index (χ3v) is 5.73. The number of amides is 2. The smallest absolute Gasteiger partial charge is 0.321 e. The van der Waals surface area contributed by atoms with Gasteiger partial charge in [-0.1, -0.05) is 36.4 Å². The van der Waals surface area contributed by atoms with Gasteiger partial charge in [0.05, 0.1) is 11.3 Å². The molecule has 1 aliphatic heterocycles. The maximum absolute atomic E-state index is 14.7. The Labute approximate surface area is 161 Å². The average Bonchev–Trinajstić information content (AvgIpc) is 3.23. The molecule has 0 radical (unpaired) electrons. The minimum absolute atomic E-state index is 0.00572. The fourth-order valence-electron chi connectivity index (χ4n) is 4.25. The third kappa shape index (κ3) is 2.99. The number of nitrogens with one attached hydrogen (secondary N) is 1. The van der Waals surface area contributed by atoms with Crippen LogP contribution >= 0.6 is 0 Å². The normalized spacial score (nSPS) is 25.0. The van der Waals surface area contributed by atoms with E-state index in [4.69, 9.17) is 4.74 Å². The summed E-state index contributed by atoms with van der Waals surface area (Å²) >= 11 is 0. The zero-order chi connectivity index (χ0) is 19.8. The third-order valence-electron chi connectivity index (χ3n) is 5.73. The molecule has 2 aromatic carbocycles. The zero-order valence-corrected chi connectivity index (χ0v) is 15.2. The van der Waals surface area contributed by atoms with Crippen molar-refractivity contribution in [1.82, 2.24) is 4.90 Å². The van der Waals surface area contributed by atoms with Crippen molar-refractivity contribution < 1.29 is 22.7 Å². The first-order valence-corrected chi connectivity index (χ1v) is 9.27. The van der Waals surface area contributed by atoms with Crippen molar-refractivity contribution >= 4 is 11.7 Å². The van der Waals surface area contributed by atoms with Gasteiger partial charge in [0, 0.05) is 24.8 Å². The SMILES string of the molecule is O=C(Nc1cccc(OCCF)c1)N1CCC2(c3ccccc3)C(C1)C2(F)F. The second kappa shape index (κ2) is 7.04. The maximum Gasteiger partial charge on any atom is 0.321 e. The number of hydrogen-bond donors (Lipinski definition) is 1. The molecule has 2 aliphatic rings. The van der Waals surface area contributed by atoms with Gasteiger partial charge in [-0.15, -0.1) is 0 Å². The van der Waals surface area contributed by atoms with E-state index in [1.807, 2.05) is 6.07 Å². The first-order chi connectivity index (χ1) is 13.5. The number of anilines is 1. The number of nitrogens with zero attached hydrogens (tertiary/aromatic N) is 1. The maximum atomic E-state index is 14.7. The lowest BCUT2D eigenvalue weighted by Gasteiger charge is -2.30. The minimum atomic E-state index is -2.82. The second-order valence-corrected chi connectivity index (χ2v) is 7.20. The molecule has 4 rings (SSSR count). The molecule has 0 aromatic heterocycles. The molecule has 2 aromatic rings. The van der Waals surface area contributed by atoms with Crippen molar-refractivity contribution in [3.8, 4) is 5.75 Å². The number of piperidine rings is 1. The number of fused-ring (bicyclic) bond motifs is 1. The van der Waals surface area contributed by atoms with Crippen LogP contribution in [0.5, 0.6) is 5.75 Å². The number of carbonyl (C=O) groups excluding carboxylic acids is 1. The monoisotopic (exact) mass is 390 g/mol. The van der Waals surface area contributed by atoms with Crippen LogP contribution in [0.3, 0.4) is 0 Å². The average molecular weight is 390 g/mol. The predicted molar refractivity (Wildman–Crippen MR) is 99.7 cm³/mol. The standard InChI is InChI=1S/C21H21F3N2O2/c22-10-12-28-17-8-4-7-16(13-17)25-19(27)26-11-9-20(15-5-2-1-3-6-15)18(14-26)21(20,23)24/h1-8,13,18H,9-12,14H2,(H,25,27). The Balaban J connectivity index is 1.43. The Kier molecular flexibility index (Phi) is 4.69. The number of rotatable bonds is 5. The molecule has 7 heteroatoms. The van der Waals surface area contributed by atoms with Crippen molar-refractivity contribution in [2.75, 3.05) is 31.7 Å². The zero-order valence-electron chi connectivity index (χ0n) is 15.2. The van der Waals surface area contributed by atoms with E-state index in [-0.39, 0.29) is 26.1 Å². The van der Waals surface area contributed by atoms with Crippen LogP contribution in [0.15, 0.2) is 54.6 Å². The van der Waals surface area contributed by atoms with Gasteiger partial charge in [0.2, 0.25) is 0 Å². The van der Waals surface area contributed by atoms with E-state index in [0.29, 0.717) is 17.0 Å². The van der Waals surface area contributed by atoms with Gasteiger partial charge < -0.3 is 15.0 Å². The second-order valence-electron chi connectivity index (χ2n) is 7.20. The van der Waals surface area contributed by atoms with Gasteiger partial charge in [0.1, 0.15) is 19.0 Å². The Morgan fingerprint density at radius 1 is 1.18 bits per heavy atom. The van der Waals surface area contributed by atoms with E-state index in [1.165, 1.54) is 4.90 Å². The van der Waals surface area contributed by atoms with Crippen LogP contribution < -0.4 is 10.1 Å². The summed E-state index contributed by atoms with van der Waals surface area (Å²) in [5.41, 5.74) is -0.0443. The minimum Gasteiger partial charge on any atom is -0.491 e. The van der Waals surface area contributed by atoms with E-state index in [0.717, 1.165) is 0 Å². The van der Waals surface area contributed by atoms with Crippen molar-refractivity contribution in [2.24, 2.45) is 5.92 Å². The quantitative estimate of drug-likeness (QED) is 0.818. The molecule has 0 bridgehead atoms. The van der Waals surface area contributed by atoms with Gasteiger partial charge in [0.25, 0.3) is 5.92 Å². The fourth-order valence-corrected chi connectivity index (χ4v) is 4.25. The van der Waals surface area contributed by atoms with Gasteiger partial charge >= 0.3 is 6.03 Å². The van der Waals surface area contributed by atoms with Crippen LogP contribution in [0.1, 0.15) is 12.0 Å². The largest absolute Gasteiger partial charge is 0.491 e. The Morgan fingerprint density at radius 3 is 2.68 bits per heavy atom. The highest BCUT2D eigenvalue weighted by Gasteiger charge is 2.81. The lowest BCUT2D eigenvalue weighted by molar-refractivity contribution is 0.0777. The summed E-state index contributed by atoms with van der Waals surface area (Å²) in [5, 5.41) is 2.72. The number of hydrogen-bond acceptors (Lipinski definition) is 2. The number of likely N-dealkylation sites (tertiary alicyclic amines) is 1. The van der Waals surface area contributed by atoms with Crippen molar-refractivity contribution in [1.29, 1.82) is 0 Å². The number of urea groups is 1. The van der Waals surface area contributed by atoms with Gasteiger partial charge in [-0.05, 0) is 24.1 Å². The molecule has 2 amide bonds. The molecular weight excluding hydrogens is 369 g/mol. The summed E-state index contributed by atoms with van der Waals surface area (Å²) in [6.07, 6.45) is 0.224. The molecule has 1 saturated carbocycles. The number of ether oxygens (including phenoxy) is 1. The molecule has 0 spiro atoms. The van der Waals surface area contributed by atoms with Crippen molar-refractivity contribution in [2.45, 2.75) is 17.8 Å². The van der Waals surface area contributed by atoms with Crippen LogP contribution in [0.4, 0.5) is 23.7 Å². The Morgan fingerprint density at radius 2 is 1.96 bits per heavy atom. The molecule has 148 valence electrons. The number of halogens is 3. The van der Waals surface area contributed by atoms with Crippen LogP contribution in [0, 0.1) is 5.92 Å². The summed E-state index contributed by atoms with van der Waals surface area (Å²) < 4.78 is 46.8. The molecule has 28 heavy (non-hydrogen) atoms. The number of benzene rings is 2. The number of carbonyl (C=O) groups is 1. The van der Waals surface area contributed by atoms with Gasteiger partial charge in [-0.2, -0.15) is 0 Å². The molecule has 1 saturated heterocycles. The summed E-state index contributed by atoms with van der Waals surface area (Å²) in [7, 11) is 0. The summed E-state index contributed by atoms with van der Waals surface area (Å²) in [4.78, 5) is 14.0. The van der Waals surface area contributed by atoms with Gasteiger partial charge in [0.15, 0.2) is 0 Å². The highest BCUT2D eigenvalue weighted by molar-refractivity contribution is 5.89. The van der Waals surface area contributed by atoms with Crippen LogP contribution in [0.2, 0.25) is 0 Å². The Hall–Kier alpha value is -2.70. The summed E-state index contributed by atoms with van der Waals surface area (Å²) in [6, 6.07) is 15.0. The van der Waals surface area contributed by atoms with Crippen LogP contribution in [-0.2, 0) is 5.41 Å². The highest BCUT2D eigenvalue weighted by atomic mass is 19.3. The molecule has 2 atom stereocenters.